The van der Waals surface area contributed by atoms with E-state index in [1.54, 1.807) is 19.1 Å². The van der Waals surface area contributed by atoms with E-state index in [1.807, 2.05) is 30.3 Å². The summed E-state index contributed by atoms with van der Waals surface area (Å²) < 4.78 is 0. The van der Waals surface area contributed by atoms with Crippen LogP contribution in [0.5, 0.6) is 5.75 Å². The summed E-state index contributed by atoms with van der Waals surface area (Å²) in [6.07, 6.45) is 1.25. The van der Waals surface area contributed by atoms with E-state index in [0.717, 1.165) is 12.0 Å². The van der Waals surface area contributed by atoms with Crippen LogP contribution in [0.3, 0.4) is 0 Å². The molecule has 0 radical (unpaired) electrons. The minimum Gasteiger partial charge on any atom is -0.507 e. The van der Waals surface area contributed by atoms with Crippen molar-refractivity contribution in [2.24, 2.45) is 5.16 Å². The molecule has 0 atom stereocenters. The van der Waals surface area contributed by atoms with Gasteiger partial charge in [0, 0.05) is 10.6 Å². The molecule has 0 saturated heterocycles. The average molecular weight is 290 g/mol. The molecule has 2 aromatic rings. The number of aromatic hydroxyl groups is 1. The third kappa shape index (κ3) is 3.31. The zero-order chi connectivity index (χ0) is 14.5. The molecule has 0 bridgehead atoms. The van der Waals surface area contributed by atoms with Gasteiger partial charge in [-0.3, -0.25) is 0 Å². The van der Waals surface area contributed by atoms with E-state index in [4.69, 9.17) is 11.6 Å². The van der Waals surface area contributed by atoms with Gasteiger partial charge in [0.15, 0.2) is 0 Å². The molecule has 0 aliphatic rings. The molecule has 0 aliphatic carbocycles. The molecule has 0 aromatic heterocycles. The number of phenolic OH excluding ortho intramolecular Hbond substituents is 1. The van der Waals surface area contributed by atoms with Crippen molar-refractivity contribution in [1.82, 2.24) is 0 Å². The summed E-state index contributed by atoms with van der Waals surface area (Å²) in [6.45, 7) is 1.76. The van der Waals surface area contributed by atoms with Gasteiger partial charge in [-0.25, -0.2) is 0 Å². The van der Waals surface area contributed by atoms with Crippen LogP contribution >= 0.6 is 11.6 Å². The standard InChI is InChI=1S/C16H16ClNO2/c1-11-9-13(17)10-14(16(11)19)15(18-20)8-7-12-5-3-2-4-6-12/h2-6,9-10,19-20H,7-8H2,1H3. The molecule has 2 rings (SSSR count). The van der Waals surface area contributed by atoms with Gasteiger partial charge in [-0.2, -0.15) is 0 Å². The summed E-state index contributed by atoms with van der Waals surface area (Å²) in [5, 5.41) is 23.1. The van der Waals surface area contributed by atoms with Crippen LogP contribution in [0.1, 0.15) is 23.1 Å². The molecule has 2 aromatic carbocycles. The van der Waals surface area contributed by atoms with Crippen LogP contribution in [0.2, 0.25) is 5.02 Å². The molecule has 0 saturated carbocycles. The van der Waals surface area contributed by atoms with Crippen molar-refractivity contribution in [1.29, 1.82) is 0 Å². The molecule has 3 nitrogen and oxygen atoms in total. The van der Waals surface area contributed by atoms with Crippen molar-refractivity contribution < 1.29 is 10.3 Å². The first-order chi connectivity index (χ1) is 9.61. The van der Waals surface area contributed by atoms with Crippen LogP contribution in [0.15, 0.2) is 47.6 Å². The fraction of sp³-hybridized carbons (Fsp3) is 0.188. The molecule has 0 heterocycles. The van der Waals surface area contributed by atoms with Gasteiger partial charge in [-0.15, -0.1) is 0 Å². The Labute approximate surface area is 123 Å². The summed E-state index contributed by atoms with van der Waals surface area (Å²) in [6, 6.07) is 13.2. The van der Waals surface area contributed by atoms with Crippen molar-refractivity contribution in [2.45, 2.75) is 19.8 Å². The maximum Gasteiger partial charge on any atom is 0.127 e. The minimum absolute atomic E-state index is 0.107. The number of rotatable bonds is 4. The molecule has 0 aliphatic heterocycles. The van der Waals surface area contributed by atoms with Crippen LogP contribution in [0, 0.1) is 6.92 Å². The zero-order valence-corrected chi connectivity index (χ0v) is 11.9. The highest BCUT2D eigenvalue weighted by atomic mass is 35.5. The number of phenols is 1. The van der Waals surface area contributed by atoms with Crippen LogP contribution in [-0.4, -0.2) is 16.0 Å². The van der Waals surface area contributed by atoms with Gasteiger partial charge < -0.3 is 10.3 Å². The van der Waals surface area contributed by atoms with E-state index >= 15 is 0 Å². The Bertz CT molecular complexity index is 624. The number of hydrogen-bond acceptors (Lipinski definition) is 3. The molecular weight excluding hydrogens is 274 g/mol. The van der Waals surface area contributed by atoms with Crippen LogP contribution in [0.25, 0.3) is 0 Å². The van der Waals surface area contributed by atoms with Crippen molar-refractivity contribution >= 4 is 17.3 Å². The Kier molecular flexibility index (Phi) is 4.64. The summed E-state index contributed by atoms with van der Waals surface area (Å²) in [7, 11) is 0. The number of hydrogen-bond donors (Lipinski definition) is 2. The Hall–Kier alpha value is -2.00. The smallest absolute Gasteiger partial charge is 0.127 e. The van der Waals surface area contributed by atoms with Crippen molar-refractivity contribution in [3.8, 4) is 5.75 Å². The lowest BCUT2D eigenvalue weighted by atomic mass is 9.99. The van der Waals surface area contributed by atoms with Crippen molar-refractivity contribution in [3.63, 3.8) is 0 Å². The van der Waals surface area contributed by atoms with Crippen LogP contribution in [-0.2, 0) is 6.42 Å². The van der Waals surface area contributed by atoms with Crippen LogP contribution in [0.4, 0.5) is 0 Å². The predicted octanol–water partition coefficient (Wildman–Crippen LogP) is 4.17. The van der Waals surface area contributed by atoms with Gasteiger partial charge in [0.05, 0.1) is 5.71 Å². The molecule has 2 N–H and O–H groups in total. The third-order valence-corrected chi connectivity index (χ3v) is 3.41. The fourth-order valence-electron chi connectivity index (χ4n) is 2.10. The first kappa shape index (κ1) is 14.4. The Morgan fingerprint density at radius 2 is 1.90 bits per heavy atom. The molecule has 20 heavy (non-hydrogen) atoms. The van der Waals surface area contributed by atoms with E-state index in [2.05, 4.69) is 5.16 Å². The summed E-state index contributed by atoms with van der Waals surface area (Å²) >= 11 is 5.99. The zero-order valence-electron chi connectivity index (χ0n) is 11.2. The molecule has 0 amide bonds. The summed E-state index contributed by atoms with van der Waals surface area (Å²) in [4.78, 5) is 0. The normalized spacial score (nSPS) is 11.6. The Balaban J connectivity index is 2.22. The molecular formula is C16H16ClNO2. The summed E-state index contributed by atoms with van der Waals surface area (Å²) in [5.41, 5.74) is 2.71. The largest absolute Gasteiger partial charge is 0.507 e. The first-order valence-corrected chi connectivity index (χ1v) is 6.74. The number of nitrogens with zero attached hydrogens (tertiary/aromatic N) is 1. The van der Waals surface area contributed by atoms with Gasteiger partial charge in [0.25, 0.3) is 0 Å². The number of halogens is 1. The second-order valence-electron chi connectivity index (χ2n) is 4.65. The Morgan fingerprint density at radius 3 is 2.55 bits per heavy atom. The molecule has 0 spiro atoms. The molecule has 104 valence electrons. The predicted molar refractivity (Wildman–Crippen MR) is 80.9 cm³/mol. The van der Waals surface area contributed by atoms with Crippen LogP contribution < -0.4 is 0 Å². The van der Waals surface area contributed by atoms with E-state index in [0.29, 0.717) is 28.3 Å². The second-order valence-corrected chi connectivity index (χ2v) is 5.09. The van der Waals surface area contributed by atoms with Crippen molar-refractivity contribution in [2.75, 3.05) is 0 Å². The number of oxime groups is 1. The van der Waals surface area contributed by atoms with E-state index in [-0.39, 0.29) is 5.75 Å². The quantitative estimate of drug-likeness (QED) is 0.504. The second kappa shape index (κ2) is 6.44. The maximum atomic E-state index is 10.1. The lowest BCUT2D eigenvalue weighted by molar-refractivity contribution is 0.317. The fourth-order valence-corrected chi connectivity index (χ4v) is 2.37. The van der Waals surface area contributed by atoms with Gasteiger partial charge in [0.1, 0.15) is 5.75 Å². The van der Waals surface area contributed by atoms with Gasteiger partial charge in [-0.1, -0.05) is 47.1 Å². The average Bonchev–Trinajstić information content (AvgIpc) is 2.45. The number of aryl methyl sites for hydroxylation is 2. The lowest BCUT2D eigenvalue weighted by Crippen LogP contribution is -2.04. The topological polar surface area (TPSA) is 52.8 Å². The highest BCUT2D eigenvalue weighted by Crippen LogP contribution is 2.28. The highest BCUT2D eigenvalue weighted by molar-refractivity contribution is 6.31. The van der Waals surface area contributed by atoms with Gasteiger partial charge in [0.2, 0.25) is 0 Å². The highest BCUT2D eigenvalue weighted by Gasteiger charge is 2.13. The first-order valence-electron chi connectivity index (χ1n) is 6.36. The van der Waals surface area contributed by atoms with E-state index in [9.17, 15) is 10.3 Å². The number of benzene rings is 2. The monoisotopic (exact) mass is 289 g/mol. The SMILES string of the molecule is Cc1cc(Cl)cc(C(CCc2ccccc2)=NO)c1O. The maximum absolute atomic E-state index is 10.1. The van der Waals surface area contributed by atoms with Gasteiger partial charge in [-0.05, 0) is 43.0 Å². The lowest BCUT2D eigenvalue weighted by Gasteiger charge is -2.10. The van der Waals surface area contributed by atoms with E-state index in [1.165, 1.54) is 0 Å². The summed E-state index contributed by atoms with van der Waals surface area (Å²) in [5.74, 6) is 0.107. The van der Waals surface area contributed by atoms with E-state index < -0.39 is 0 Å². The molecule has 0 unspecified atom stereocenters. The van der Waals surface area contributed by atoms with Gasteiger partial charge >= 0.3 is 0 Å². The minimum atomic E-state index is 0.107. The third-order valence-electron chi connectivity index (χ3n) is 3.19. The molecule has 0 fully saturated rings. The van der Waals surface area contributed by atoms with Crippen molar-refractivity contribution in [3.05, 3.63) is 64.2 Å². The molecule has 4 heteroatoms. The Morgan fingerprint density at radius 1 is 1.20 bits per heavy atom.